The number of nitrogens with one attached hydrogen (secondary N) is 3. The van der Waals surface area contributed by atoms with Crippen molar-refractivity contribution >= 4 is 21.7 Å². The van der Waals surface area contributed by atoms with E-state index in [9.17, 15) is 22.0 Å². The lowest BCUT2D eigenvalue weighted by atomic mass is 9.83. The molecule has 0 aliphatic carbocycles. The molecule has 3 N–H and O–H groups in total. The van der Waals surface area contributed by atoms with Crippen molar-refractivity contribution in [1.82, 2.24) is 10.6 Å². The van der Waals surface area contributed by atoms with Crippen molar-refractivity contribution in [3.63, 3.8) is 0 Å². The van der Waals surface area contributed by atoms with Gasteiger partial charge in [0.05, 0.1) is 18.0 Å². The van der Waals surface area contributed by atoms with E-state index in [0.717, 1.165) is 25.2 Å². The molecule has 1 heterocycles. The highest BCUT2D eigenvalue weighted by molar-refractivity contribution is 7.92. The summed E-state index contributed by atoms with van der Waals surface area (Å²) >= 11 is 0. The molecule has 32 heavy (non-hydrogen) atoms. The monoisotopic (exact) mass is 467 g/mol. The summed E-state index contributed by atoms with van der Waals surface area (Å²) in [5, 5.41) is 5.53. The van der Waals surface area contributed by atoms with Crippen LogP contribution in [-0.2, 0) is 16.6 Å². The molecule has 0 saturated carbocycles. The second-order valence-electron chi connectivity index (χ2n) is 7.95. The zero-order valence-electron chi connectivity index (χ0n) is 18.2. The van der Waals surface area contributed by atoms with Gasteiger partial charge in [0.25, 0.3) is 0 Å². The Kier molecular flexibility index (Phi) is 6.92. The first kappa shape index (κ1) is 23.8. The molecule has 10 heteroatoms. The van der Waals surface area contributed by atoms with Crippen LogP contribution in [0.3, 0.4) is 0 Å². The average Bonchev–Trinajstić information content (AvgIpc) is 2.73. The van der Waals surface area contributed by atoms with Gasteiger partial charge in [0, 0.05) is 18.5 Å². The van der Waals surface area contributed by atoms with Gasteiger partial charge in [-0.05, 0) is 48.7 Å². The standard InChI is InChI=1S/C22H27F2N3O4S/c1-4-22(5-2)12-19(16-11-15(23)7-9-20(16)31-22)26-21(28)25-13-14-6-8-18(17(24)10-14)27-32(3,29)30/h6-11,19,27H,4-5,12-13H2,1-3H3,(H2,25,26,28)/t19-/m1/s1. The van der Waals surface area contributed by atoms with Crippen molar-refractivity contribution in [3.05, 3.63) is 59.2 Å². The van der Waals surface area contributed by atoms with Crippen molar-refractivity contribution < 1.29 is 26.7 Å². The lowest BCUT2D eigenvalue weighted by Crippen LogP contribution is -2.46. The van der Waals surface area contributed by atoms with Gasteiger partial charge < -0.3 is 15.4 Å². The summed E-state index contributed by atoms with van der Waals surface area (Å²) < 4.78 is 58.7. The lowest BCUT2D eigenvalue weighted by Gasteiger charge is -2.41. The van der Waals surface area contributed by atoms with Crippen molar-refractivity contribution in [1.29, 1.82) is 0 Å². The van der Waals surface area contributed by atoms with Gasteiger partial charge >= 0.3 is 6.03 Å². The van der Waals surface area contributed by atoms with Crippen LogP contribution in [0.15, 0.2) is 36.4 Å². The molecular weight excluding hydrogens is 440 g/mol. The summed E-state index contributed by atoms with van der Waals surface area (Å²) in [6.45, 7) is 4.03. The van der Waals surface area contributed by atoms with Crippen LogP contribution in [0, 0.1) is 11.6 Å². The molecule has 2 aromatic rings. The van der Waals surface area contributed by atoms with E-state index in [-0.39, 0.29) is 12.2 Å². The molecule has 174 valence electrons. The number of hydrogen-bond acceptors (Lipinski definition) is 4. The number of urea groups is 1. The van der Waals surface area contributed by atoms with E-state index in [1.54, 1.807) is 6.07 Å². The third-order valence-electron chi connectivity index (χ3n) is 5.63. The first-order valence-corrected chi connectivity index (χ1v) is 12.2. The Morgan fingerprint density at radius 1 is 1.16 bits per heavy atom. The van der Waals surface area contributed by atoms with Crippen LogP contribution in [0.4, 0.5) is 19.3 Å². The van der Waals surface area contributed by atoms with Gasteiger partial charge in [0.2, 0.25) is 10.0 Å². The smallest absolute Gasteiger partial charge is 0.315 e. The highest BCUT2D eigenvalue weighted by atomic mass is 32.2. The number of amides is 2. The van der Waals surface area contributed by atoms with Crippen LogP contribution >= 0.6 is 0 Å². The molecule has 0 unspecified atom stereocenters. The number of ether oxygens (including phenoxy) is 1. The molecule has 0 aromatic heterocycles. The molecule has 1 atom stereocenters. The molecule has 2 amide bonds. The minimum atomic E-state index is -3.60. The summed E-state index contributed by atoms with van der Waals surface area (Å²) in [6.07, 6.45) is 2.88. The maximum absolute atomic E-state index is 14.1. The van der Waals surface area contributed by atoms with Crippen LogP contribution in [0.2, 0.25) is 0 Å². The fraction of sp³-hybridized carbons (Fsp3) is 0.409. The van der Waals surface area contributed by atoms with E-state index in [1.165, 1.54) is 24.3 Å². The topological polar surface area (TPSA) is 96.5 Å². The van der Waals surface area contributed by atoms with Gasteiger partial charge in [-0.15, -0.1) is 0 Å². The Labute approximate surface area is 186 Å². The molecular formula is C22H27F2N3O4S. The normalized spacial score (nSPS) is 17.1. The highest BCUT2D eigenvalue weighted by Crippen LogP contribution is 2.42. The number of carbonyl (C=O) groups excluding carboxylic acids is 1. The van der Waals surface area contributed by atoms with Crippen molar-refractivity contribution in [2.24, 2.45) is 0 Å². The number of carbonyl (C=O) groups is 1. The molecule has 0 bridgehead atoms. The van der Waals surface area contributed by atoms with E-state index in [0.29, 0.717) is 23.3 Å². The molecule has 3 rings (SSSR count). The Morgan fingerprint density at radius 2 is 1.88 bits per heavy atom. The summed E-state index contributed by atoms with van der Waals surface area (Å²) in [5.74, 6) is -0.624. The largest absolute Gasteiger partial charge is 0.487 e. The van der Waals surface area contributed by atoms with Gasteiger partial charge in [0.15, 0.2) is 0 Å². The first-order chi connectivity index (χ1) is 15.0. The van der Waals surface area contributed by atoms with Gasteiger partial charge in [0.1, 0.15) is 23.0 Å². The summed E-state index contributed by atoms with van der Waals surface area (Å²) in [7, 11) is -3.60. The summed E-state index contributed by atoms with van der Waals surface area (Å²) in [5.41, 5.74) is 0.387. The Hall–Kier alpha value is -2.88. The molecule has 2 aromatic carbocycles. The number of rotatable bonds is 7. The Morgan fingerprint density at radius 3 is 2.50 bits per heavy atom. The summed E-state index contributed by atoms with van der Waals surface area (Å²) in [4.78, 5) is 12.6. The number of hydrogen-bond donors (Lipinski definition) is 3. The van der Waals surface area contributed by atoms with Crippen molar-refractivity contribution in [2.45, 2.75) is 51.3 Å². The zero-order valence-corrected chi connectivity index (χ0v) is 19.0. The van der Waals surface area contributed by atoms with E-state index < -0.39 is 39.3 Å². The SMILES string of the molecule is CCC1(CC)C[C@@H](NC(=O)NCc2ccc(NS(C)(=O)=O)c(F)c2)c2cc(F)ccc2O1. The van der Waals surface area contributed by atoms with E-state index in [1.807, 2.05) is 13.8 Å². The lowest BCUT2D eigenvalue weighted by molar-refractivity contribution is 0.0242. The minimum absolute atomic E-state index is 0.0217. The number of anilines is 1. The molecule has 1 aliphatic rings. The van der Waals surface area contributed by atoms with Crippen LogP contribution in [0.1, 0.15) is 50.3 Å². The summed E-state index contributed by atoms with van der Waals surface area (Å²) in [6, 6.07) is 7.26. The molecule has 7 nitrogen and oxygen atoms in total. The van der Waals surface area contributed by atoms with Gasteiger partial charge in [-0.3, -0.25) is 4.72 Å². The van der Waals surface area contributed by atoms with Crippen LogP contribution < -0.4 is 20.1 Å². The van der Waals surface area contributed by atoms with E-state index in [2.05, 4.69) is 15.4 Å². The fourth-order valence-corrected chi connectivity index (χ4v) is 4.36. The predicted octanol–water partition coefficient (Wildman–Crippen LogP) is 4.22. The fourth-order valence-electron chi connectivity index (χ4n) is 3.80. The number of sulfonamides is 1. The zero-order chi connectivity index (χ0) is 23.5. The molecule has 1 aliphatic heterocycles. The number of fused-ring (bicyclic) bond motifs is 1. The second kappa shape index (κ2) is 9.32. The van der Waals surface area contributed by atoms with E-state index in [4.69, 9.17) is 4.74 Å². The van der Waals surface area contributed by atoms with Gasteiger partial charge in [-0.25, -0.2) is 22.0 Å². The predicted molar refractivity (Wildman–Crippen MR) is 118 cm³/mol. The van der Waals surface area contributed by atoms with Crippen molar-refractivity contribution in [3.8, 4) is 5.75 Å². The Balaban J connectivity index is 1.69. The van der Waals surface area contributed by atoms with E-state index >= 15 is 0 Å². The highest BCUT2D eigenvalue weighted by Gasteiger charge is 2.39. The van der Waals surface area contributed by atoms with Crippen molar-refractivity contribution in [2.75, 3.05) is 11.0 Å². The molecule has 0 fully saturated rings. The second-order valence-corrected chi connectivity index (χ2v) is 9.69. The third-order valence-corrected chi connectivity index (χ3v) is 6.22. The number of benzene rings is 2. The van der Waals surface area contributed by atoms with Gasteiger partial charge in [-0.1, -0.05) is 19.9 Å². The Bertz CT molecular complexity index is 1100. The minimum Gasteiger partial charge on any atom is -0.487 e. The molecule has 0 saturated heterocycles. The van der Waals surface area contributed by atoms with Crippen LogP contribution in [0.5, 0.6) is 5.75 Å². The molecule has 0 radical (unpaired) electrons. The maximum atomic E-state index is 14.1. The van der Waals surface area contributed by atoms with Crippen LogP contribution in [0.25, 0.3) is 0 Å². The first-order valence-electron chi connectivity index (χ1n) is 10.3. The van der Waals surface area contributed by atoms with Gasteiger partial charge in [-0.2, -0.15) is 0 Å². The number of halogens is 2. The maximum Gasteiger partial charge on any atom is 0.315 e. The molecule has 0 spiro atoms. The quantitative estimate of drug-likeness (QED) is 0.568. The third kappa shape index (κ3) is 5.67. The average molecular weight is 468 g/mol. The van der Waals surface area contributed by atoms with Crippen LogP contribution in [-0.4, -0.2) is 26.3 Å².